The second kappa shape index (κ2) is 3.77. The highest BCUT2D eigenvalue weighted by Crippen LogP contribution is 2.47. The zero-order valence-corrected chi connectivity index (χ0v) is 9.19. The highest BCUT2D eigenvalue weighted by Gasteiger charge is 2.56. The van der Waals surface area contributed by atoms with Crippen LogP contribution in [0.4, 0.5) is 0 Å². The number of aliphatic hydroxyl groups is 1. The zero-order chi connectivity index (χ0) is 11.7. The van der Waals surface area contributed by atoms with E-state index in [1.807, 2.05) is 0 Å². The second-order valence-corrected chi connectivity index (χ2v) is 4.31. The minimum absolute atomic E-state index is 0.430. The van der Waals surface area contributed by atoms with E-state index in [0.29, 0.717) is 6.42 Å². The number of esters is 1. The molecule has 1 aliphatic carbocycles. The maximum Gasteiger partial charge on any atom is 0.315 e. The molecule has 0 fully saturated rings. The molecule has 0 unspecified atom stereocenters. The van der Waals surface area contributed by atoms with E-state index in [-0.39, 0.29) is 0 Å². The summed E-state index contributed by atoms with van der Waals surface area (Å²) in [6.45, 7) is 3.21. The molecule has 0 heterocycles. The summed E-state index contributed by atoms with van der Waals surface area (Å²) >= 11 is 0. The van der Waals surface area contributed by atoms with Crippen LogP contribution in [0.2, 0.25) is 0 Å². The van der Waals surface area contributed by atoms with Crippen LogP contribution >= 0.6 is 0 Å². The van der Waals surface area contributed by atoms with Crippen LogP contribution < -0.4 is 0 Å². The molecule has 0 spiro atoms. The molecule has 0 aliphatic heterocycles. The lowest BCUT2D eigenvalue weighted by Gasteiger charge is -2.44. The maximum atomic E-state index is 11.7. The van der Waals surface area contributed by atoms with Gasteiger partial charge in [0.1, 0.15) is 11.7 Å². The summed E-state index contributed by atoms with van der Waals surface area (Å²) in [7, 11) is 1.25. The molecule has 15 heavy (non-hydrogen) atoms. The first-order chi connectivity index (χ1) is 6.92. The number of ether oxygens (including phenoxy) is 1. The Hall–Kier alpha value is -1.16. The van der Waals surface area contributed by atoms with E-state index in [0.717, 1.165) is 6.29 Å². The molecule has 0 bridgehead atoms. The summed E-state index contributed by atoms with van der Waals surface area (Å²) in [5.74, 6) is -0.561. The number of aliphatic hydroxyl groups excluding tert-OH is 1. The highest BCUT2D eigenvalue weighted by molar-refractivity contribution is 5.84. The summed E-state index contributed by atoms with van der Waals surface area (Å²) in [5, 5.41) is 9.85. The summed E-state index contributed by atoms with van der Waals surface area (Å²) in [4.78, 5) is 22.8. The topological polar surface area (TPSA) is 63.6 Å². The van der Waals surface area contributed by atoms with Gasteiger partial charge < -0.3 is 14.6 Å². The average Bonchev–Trinajstić information content (AvgIpc) is 2.24. The van der Waals surface area contributed by atoms with Gasteiger partial charge in [0, 0.05) is 5.41 Å². The summed E-state index contributed by atoms with van der Waals surface area (Å²) in [5.41, 5.74) is -2.13. The monoisotopic (exact) mass is 212 g/mol. The van der Waals surface area contributed by atoms with Gasteiger partial charge in [0.25, 0.3) is 0 Å². The van der Waals surface area contributed by atoms with Gasteiger partial charge in [-0.2, -0.15) is 0 Å². The van der Waals surface area contributed by atoms with Crippen LogP contribution in [0.15, 0.2) is 12.2 Å². The Balaban J connectivity index is 3.25. The molecule has 4 nitrogen and oxygen atoms in total. The third-order valence-corrected chi connectivity index (χ3v) is 3.51. The number of carbonyl (C=O) groups excluding carboxylic acids is 2. The molecule has 1 rings (SSSR count). The number of hydrogen-bond donors (Lipinski definition) is 1. The van der Waals surface area contributed by atoms with Gasteiger partial charge in [0.05, 0.1) is 13.2 Å². The third-order valence-electron chi connectivity index (χ3n) is 3.51. The number of hydrogen-bond acceptors (Lipinski definition) is 4. The van der Waals surface area contributed by atoms with Gasteiger partial charge >= 0.3 is 5.97 Å². The van der Waals surface area contributed by atoms with E-state index in [2.05, 4.69) is 4.74 Å². The Morgan fingerprint density at radius 1 is 1.60 bits per heavy atom. The SMILES string of the molecule is COC(=O)[C@]1(C)[C@H](O)C=CC[C@]1(C)C=O. The Morgan fingerprint density at radius 2 is 2.20 bits per heavy atom. The molecule has 3 atom stereocenters. The molecule has 0 aromatic rings. The van der Waals surface area contributed by atoms with E-state index in [1.54, 1.807) is 19.9 Å². The quantitative estimate of drug-likeness (QED) is 0.415. The van der Waals surface area contributed by atoms with Crippen molar-refractivity contribution in [1.82, 2.24) is 0 Å². The highest BCUT2D eigenvalue weighted by atomic mass is 16.5. The first-order valence-corrected chi connectivity index (χ1v) is 4.82. The van der Waals surface area contributed by atoms with E-state index < -0.39 is 22.9 Å². The van der Waals surface area contributed by atoms with Gasteiger partial charge in [-0.25, -0.2) is 0 Å². The number of rotatable bonds is 2. The van der Waals surface area contributed by atoms with Crippen molar-refractivity contribution in [3.8, 4) is 0 Å². The van der Waals surface area contributed by atoms with Crippen molar-refractivity contribution < 1.29 is 19.4 Å². The average molecular weight is 212 g/mol. The van der Waals surface area contributed by atoms with Crippen molar-refractivity contribution in [2.45, 2.75) is 26.4 Å². The van der Waals surface area contributed by atoms with Crippen LogP contribution in [0, 0.1) is 10.8 Å². The first-order valence-electron chi connectivity index (χ1n) is 4.82. The van der Waals surface area contributed by atoms with Gasteiger partial charge in [0.2, 0.25) is 0 Å². The van der Waals surface area contributed by atoms with Crippen molar-refractivity contribution in [1.29, 1.82) is 0 Å². The maximum absolute atomic E-state index is 11.7. The van der Waals surface area contributed by atoms with Crippen LogP contribution in [0.5, 0.6) is 0 Å². The minimum atomic E-state index is -1.21. The van der Waals surface area contributed by atoms with Crippen LogP contribution in [0.1, 0.15) is 20.3 Å². The van der Waals surface area contributed by atoms with E-state index >= 15 is 0 Å². The van der Waals surface area contributed by atoms with Gasteiger partial charge in [-0.15, -0.1) is 0 Å². The Morgan fingerprint density at radius 3 is 2.67 bits per heavy atom. The number of carbonyl (C=O) groups is 2. The predicted molar refractivity (Wildman–Crippen MR) is 54.1 cm³/mol. The molecular weight excluding hydrogens is 196 g/mol. The van der Waals surface area contributed by atoms with Gasteiger partial charge in [0.15, 0.2) is 0 Å². The van der Waals surface area contributed by atoms with Crippen LogP contribution in [-0.4, -0.2) is 30.6 Å². The van der Waals surface area contributed by atoms with Crippen molar-refractivity contribution in [2.24, 2.45) is 10.8 Å². The minimum Gasteiger partial charge on any atom is -0.468 e. The fourth-order valence-electron chi connectivity index (χ4n) is 1.92. The lowest BCUT2D eigenvalue weighted by atomic mass is 9.59. The zero-order valence-electron chi connectivity index (χ0n) is 9.19. The fourth-order valence-corrected chi connectivity index (χ4v) is 1.92. The predicted octanol–water partition coefficient (Wildman–Crippen LogP) is 0.692. The summed E-state index contributed by atoms with van der Waals surface area (Å²) in [6, 6.07) is 0. The van der Waals surface area contributed by atoms with Crippen molar-refractivity contribution in [3.63, 3.8) is 0 Å². The molecule has 0 aromatic heterocycles. The largest absolute Gasteiger partial charge is 0.468 e. The molecule has 0 saturated heterocycles. The number of allylic oxidation sites excluding steroid dienone is 1. The van der Waals surface area contributed by atoms with Crippen molar-refractivity contribution >= 4 is 12.3 Å². The molecule has 0 aromatic carbocycles. The molecule has 4 heteroatoms. The first kappa shape index (κ1) is 11.9. The van der Waals surface area contributed by atoms with E-state index in [1.165, 1.54) is 13.2 Å². The Labute approximate surface area is 88.9 Å². The smallest absolute Gasteiger partial charge is 0.315 e. The lowest BCUT2D eigenvalue weighted by molar-refractivity contribution is -0.171. The number of methoxy groups -OCH3 is 1. The third kappa shape index (κ3) is 1.49. The van der Waals surface area contributed by atoms with E-state index in [9.17, 15) is 14.7 Å². The Kier molecular flexibility index (Phi) is 3.00. The number of aldehydes is 1. The molecule has 0 saturated carbocycles. The molecule has 1 N–H and O–H groups in total. The summed E-state index contributed by atoms with van der Waals surface area (Å²) < 4.78 is 4.67. The van der Waals surface area contributed by atoms with Crippen LogP contribution in [-0.2, 0) is 14.3 Å². The van der Waals surface area contributed by atoms with Crippen LogP contribution in [0.25, 0.3) is 0 Å². The van der Waals surface area contributed by atoms with Crippen molar-refractivity contribution in [3.05, 3.63) is 12.2 Å². The van der Waals surface area contributed by atoms with E-state index in [4.69, 9.17) is 0 Å². The van der Waals surface area contributed by atoms with Gasteiger partial charge in [-0.1, -0.05) is 19.1 Å². The van der Waals surface area contributed by atoms with Gasteiger partial charge in [-0.05, 0) is 13.3 Å². The van der Waals surface area contributed by atoms with Gasteiger partial charge in [-0.3, -0.25) is 4.79 Å². The molecule has 0 amide bonds. The fraction of sp³-hybridized carbons (Fsp3) is 0.636. The standard InChI is InChI=1S/C11H16O4/c1-10(7-12)6-4-5-8(13)11(10,2)9(14)15-3/h4-5,7-8,13H,6H2,1-3H3/t8-,10-,11+/m1/s1. The lowest BCUT2D eigenvalue weighted by Crippen LogP contribution is -2.54. The molecular formula is C11H16O4. The summed E-state index contributed by atoms with van der Waals surface area (Å²) in [6.07, 6.45) is 3.40. The normalized spacial score (nSPS) is 39.9. The van der Waals surface area contributed by atoms with Crippen LogP contribution in [0.3, 0.4) is 0 Å². The second-order valence-electron chi connectivity index (χ2n) is 4.31. The molecule has 0 radical (unpaired) electrons. The van der Waals surface area contributed by atoms with Crippen molar-refractivity contribution in [2.75, 3.05) is 7.11 Å². The molecule has 1 aliphatic rings. The molecule has 84 valence electrons. The Bertz CT molecular complexity index is 310.